The van der Waals surface area contributed by atoms with Crippen LogP contribution in [-0.2, 0) is 0 Å². The topological polar surface area (TPSA) is 15.3 Å². The van der Waals surface area contributed by atoms with Crippen molar-refractivity contribution in [2.24, 2.45) is 5.92 Å². The van der Waals surface area contributed by atoms with Gasteiger partial charge in [-0.2, -0.15) is 0 Å². The first-order chi connectivity index (χ1) is 8.84. The quantitative estimate of drug-likeness (QED) is 0.882. The lowest BCUT2D eigenvalue weighted by molar-refractivity contribution is 0.374. The Morgan fingerprint density at radius 1 is 1.33 bits per heavy atom. The number of hydrogen-bond donors (Lipinski definition) is 1. The molecule has 0 unspecified atom stereocenters. The molecule has 98 valence electrons. The van der Waals surface area contributed by atoms with Gasteiger partial charge >= 0.3 is 0 Å². The number of aryl methyl sites for hydroxylation is 1. The molecule has 0 saturated carbocycles. The van der Waals surface area contributed by atoms with E-state index in [1.807, 2.05) is 11.8 Å². The van der Waals surface area contributed by atoms with Crippen molar-refractivity contribution < 1.29 is 0 Å². The van der Waals surface area contributed by atoms with Gasteiger partial charge in [-0.1, -0.05) is 12.1 Å². The van der Waals surface area contributed by atoms with Gasteiger partial charge in [0.05, 0.1) is 5.69 Å². The van der Waals surface area contributed by atoms with Gasteiger partial charge in [-0.3, -0.25) is 0 Å². The van der Waals surface area contributed by atoms with Crippen LogP contribution in [0.5, 0.6) is 0 Å². The lowest BCUT2D eigenvalue weighted by Gasteiger charge is -2.36. The molecule has 0 bridgehead atoms. The van der Waals surface area contributed by atoms with Crippen molar-refractivity contribution in [3.8, 4) is 0 Å². The number of para-hydroxylation sites is 1. The van der Waals surface area contributed by atoms with Crippen molar-refractivity contribution in [2.45, 2.75) is 24.7 Å². The zero-order chi connectivity index (χ0) is 12.4. The van der Waals surface area contributed by atoms with Crippen molar-refractivity contribution in [1.29, 1.82) is 0 Å². The van der Waals surface area contributed by atoms with E-state index in [9.17, 15) is 0 Å². The van der Waals surface area contributed by atoms with E-state index >= 15 is 0 Å². The van der Waals surface area contributed by atoms with Gasteiger partial charge in [-0.15, -0.1) is 11.8 Å². The number of nitrogens with zero attached hydrogens (tertiary/aromatic N) is 1. The molecular formula is C15H22N2S. The summed E-state index contributed by atoms with van der Waals surface area (Å²) in [4.78, 5) is 4.12. The van der Waals surface area contributed by atoms with Crippen LogP contribution in [0.25, 0.3) is 0 Å². The molecule has 2 aliphatic rings. The minimum Gasteiger partial charge on any atom is -0.369 e. The average molecular weight is 262 g/mol. The summed E-state index contributed by atoms with van der Waals surface area (Å²) in [6, 6.07) is 6.72. The number of benzene rings is 1. The second-order valence-electron chi connectivity index (χ2n) is 5.41. The van der Waals surface area contributed by atoms with Crippen molar-refractivity contribution in [1.82, 2.24) is 5.32 Å². The highest BCUT2D eigenvalue weighted by Crippen LogP contribution is 2.37. The lowest BCUT2D eigenvalue weighted by atomic mass is 9.97. The molecule has 1 aromatic rings. The fourth-order valence-electron chi connectivity index (χ4n) is 3.09. The third kappa shape index (κ3) is 2.52. The highest BCUT2D eigenvalue weighted by Gasteiger charge is 2.23. The molecule has 3 heteroatoms. The SMILES string of the molecule is Cc1cccc2c1N(CC1CCNCC1)CCS2. The maximum atomic E-state index is 3.46. The number of piperidine rings is 1. The van der Waals surface area contributed by atoms with Gasteiger partial charge in [-0.05, 0) is 50.4 Å². The predicted octanol–water partition coefficient (Wildman–Crippen LogP) is 2.91. The van der Waals surface area contributed by atoms with Crippen LogP contribution >= 0.6 is 11.8 Å². The lowest BCUT2D eigenvalue weighted by Crippen LogP contribution is -2.38. The molecule has 2 nitrogen and oxygen atoms in total. The monoisotopic (exact) mass is 262 g/mol. The highest BCUT2D eigenvalue weighted by molar-refractivity contribution is 7.99. The molecule has 0 aliphatic carbocycles. The summed E-state index contributed by atoms with van der Waals surface area (Å²) in [6.45, 7) is 7.12. The Bertz CT molecular complexity index is 413. The minimum absolute atomic E-state index is 0.877. The van der Waals surface area contributed by atoms with E-state index < -0.39 is 0 Å². The van der Waals surface area contributed by atoms with Crippen LogP contribution in [0.3, 0.4) is 0 Å². The second kappa shape index (κ2) is 5.54. The van der Waals surface area contributed by atoms with Crippen LogP contribution in [0.15, 0.2) is 23.1 Å². The number of nitrogens with one attached hydrogen (secondary N) is 1. The summed E-state index contributed by atoms with van der Waals surface area (Å²) < 4.78 is 0. The van der Waals surface area contributed by atoms with E-state index in [2.05, 4.69) is 35.3 Å². The molecular weight excluding hydrogens is 240 g/mol. The molecule has 0 aromatic heterocycles. The molecule has 2 aliphatic heterocycles. The fraction of sp³-hybridized carbons (Fsp3) is 0.600. The number of rotatable bonds is 2. The molecule has 1 aromatic carbocycles. The van der Waals surface area contributed by atoms with Crippen LogP contribution in [0.4, 0.5) is 5.69 Å². The van der Waals surface area contributed by atoms with Crippen molar-refractivity contribution in [3.63, 3.8) is 0 Å². The van der Waals surface area contributed by atoms with Crippen LogP contribution in [-0.4, -0.2) is 31.9 Å². The van der Waals surface area contributed by atoms with E-state index in [1.54, 1.807) is 0 Å². The number of anilines is 1. The Labute approximate surface area is 114 Å². The van der Waals surface area contributed by atoms with Crippen molar-refractivity contribution in [2.75, 3.05) is 36.8 Å². The molecule has 0 radical (unpaired) electrons. The maximum Gasteiger partial charge on any atom is 0.0534 e. The summed E-state index contributed by atoms with van der Waals surface area (Å²) in [5.74, 6) is 2.11. The first-order valence-electron chi connectivity index (χ1n) is 7.02. The summed E-state index contributed by atoms with van der Waals surface area (Å²) in [5, 5.41) is 3.46. The van der Waals surface area contributed by atoms with Crippen LogP contribution in [0.1, 0.15) is 18.4 Å². The highest BCUT2D eigenvalue weighted by atomic mass is 32.2. The summed E-state index contributed by atoms with van der Waals surface area (Å²) >= 11 is 2.01. The number of thioether (sulfide) groups is 1. The zero-order valence-corrected chi connectivity index (χ0v) is 11.9. The largest absolute Gasteiger partial charge is 0.369 e. The Hall–Kier alpha value is -0.670. The first-order valence-corrected chi connectivity index (χ1v) is 8.01. The molecule has 1 N–H and O–H groups in total. The Balaban J connectivity index is 1.78. The van der Waals surface area contributed by atoms with Gasteiger partial charge < -0.3 is 10.2 Å². The van der Waals surface area contributed by atoms with Crippen LogP contribution in [0, 0.1) is 12.8 Å². The minimum atomic E-state index is 0.877. The van der Waals surface area contributed by atoms with Gasteiger partial charge in [0.1, 0.15) is 0 Å². The molecule has 2 heterocycles. The fourth-order valence-corrected chi connectivity index (χ4v) is 4.22. The van der Waals surface area contributed by atoms with Crippen LogP contribution < -0.4 is 10.2 Å². The number of fused-ring (bicyclic) bond motifs is 1. The molecule has 3 rings (SSSR count). The Kier molecular flexibility index (Phi) is 3.80. The molecule has 0 spiro atoms. The van der Waals surface area contributed by atoms with E-state index in [-0.39, 0.29) is 0 Å². The first kappa shape index (κ1) is 12.4. The zero-order valence-electron chi connectivity index (χ0n) is 11.1. The molecule has 1 fully saturated rings. The van der Waals surface area contributed by atoms with E-state index in [1.165, 1.54) is 60.9 Å². The van der Waals surface area contributed by atoms with Crippen molar-refractivity contribution in [3.05, 3.63) is 23.8 Å². The molecule has 1 saturated heterocycles. The smallest absolute Gasteiger partial charge is 0.0534 e. The van der Waals surface area contributed by atoms with E-state index in [0.717, 1.165) is 5.92 Å². The van der Waals surface area contributed by atoms with Gasteiger partial charge in [-0.25, -0.2) is 0 Å². The average Bonchev–Trinajstić information content (AvgIpc) is 2.40. The Morgan fingerprint density at radius 2 is 2.17 bits per heavy atom. The predicted molar refractivity (Wildman–Crippen MR) is 79.7 cm³/mol. The van der Waals surface area contributed by atoms with Gasteiger partial charge in [0, 0.05) is 23.7 Å². The summed E-state index contributed by atoms with van der Waals surface area (Å²) in [5.41, 5.74) is 2.95. The number of hydrogen-bond acceptors (Lipinski definition) is 3. The third-order valence-corrected chi connectivity index (χ3v) is 5.10. The molecule has 0 amide bonds. The third-order valence-electron chi connectivity index (χ3n) is 4.07. The Morgan fingerprint density at radius 3 is 3.00 bits per heavy atom. The summed E-state index contributed by atoms with van der Waals surface area (Å²) in [6.07, 6.45) is 2.68. The van der Waals surface area contributed by atoms with E-state index in [4.69, 9.17) is 0 Å². The molecule has 0 atom stereocenters. The van der Waals surface area contributed by atoms with Crippen LogP contribution in [0.2, 0.25) is 0 Å². The summed E-state index contributed by atoms with van der Waals surface area (Å²) in [7, 11) is 0. The van der Waals surface area contributed by atoms with Gasteiger partial charge in [0.15, 0.2) is 0 Å². The second-order valence-corrected chi connectivity index (χ2v) is 6.55. The van der Waals surface area contributed by atoms with Gasteiger partial charge in [0.2, 0.25) is 0 Å². The standard InChI is InChI=1S/C15H22N2S/c1-12-3-2-4-14-15(12)17(9-10-18-14)11-13-5-7-16-8-6-13/h2-4,13,16H,5-11H2,1H3. The molecule has 18 heavy (non-hydrogen) atoms. The van der Waals surface area contributed by atoms with Gasteiger partial charge in [0.25, 0.3) is 0 Å². The normalized spacial score (nSPS) is 20.8. The van der Waals surface area contributed by atoms with Crippen molar-refractivity contribution >= 4 is 17.4 Å². The maximum absolute atomic E-state index is 3.46. The van der Waals surface area contributed by atoms with E-state index in [0.29, 0.717) is 0 Å².